The minimum absolute atomic E-state index is 0.0562. The standard InChI is InChI=1S/C19H17FN4O/c20-17-9-5-4-8-16(17)19(25)23-11-10-15(12-23)24-13-18(21-22-24)14-6-2-1-3-7-14/h1-9,13,15H,10-12H2/t15-/m0/s1. The fraction of sp³-hybridized carbons (Fsp3) is 0.211. The van der Waals surface area contributed by atoms with Gasteiger partial charge in [-0.3, -0.25) is 4.79 Å². The third kappa shape index (κ3) is 3.03. The summed E-state index contributed by atoms with van der Waals surface area (Å²) in [7, 11) is 0. The van der Waals surface area contributed by atoms with Gasteiger partial charge in [0.2, 0.25) is 0 Å². The molecule has 1 atom stereocenters. The Morgan fingerprint density at radius 2 is 1.84 bits per heavy atom. The van der Waals surface area contributed by atoms with Crippen molar-refractivity contribution in [2.24, 2.45) is 0 Å². The first kappa shape index (κ1) is 15.5. The third-order valence-electron chi connectivity index (χ3n) is 4.51. The van der Waals surface area contributed by atoms with Crippen molar-refractivity contribution in [2.75, 3.05) is 13.1 Å². The Labute approximate surface area is 144 Å². The van der Waals surface area contributed by atoms with Gasteiger partial charge in [0, 0.05) is 18.7 Å². The molecule has 1 aliphatic heterocycles. The summed E-state index contributed by atoms with van der Waals surface area (Å²) in [5, 5.41) is 8.44. The van der Waals surface area contributed by atoms with E-state index in [-0.39, 0.29) is 17.5 Å². The van der Waals surface area contributed by atoms with Crippen LogP contribution in [0.4, 0.5) is 4.39 Å². The number of carbonyl (C=O) groups excluding carboxylic acids is 1. The smallest absolute Gasteiger partial charge is 0.256 e. The predicted molar refractivity (Wildman–Crippen MR) is 91.4 cm³/mol. The zero-order valence-corrected chi connectivity index (χ0v) is 13.5. The molecule has 1 saturated heterocycles. The molecule has 0 N–H and O–H groups in total. The Hall–Kier alpha value is -3.02. The number of benzene rings is 2. The molecule has 2 heterocycles. The topological polar surface area (TPSA) is 51.0 Å². The molecule has 126 valence electrons. The first-order chi connectivity index (χ1) is 12.2. The molecule has 1 aliphatic rings. The highest BCUT2D eigenvalue weighted by Crippen LogP contribution is 2.25. The van der Waals surface area contributed by atoms with Crippen LogP contribution in [-0.2, 0) is 0 Å². The second kappa shape index (κ2) is 6.47. The van der Waals surface area contributed by atoms with Crippen LogP contribution in [-0.4, -0.2) is 38.9 Å². The van der Waals surface area contributed by atoms with E-state index in [2.05, 4.69) is 10.3 Å². The highest BCUT2D eigenvalue weighted by molar-refractivity contribution is 5.94. The Morgan fingerprint density at radius 1 is 1.08 bits per heavy atom. The molecule has 0 radical (unpaired) electrons. The van der Waals surface area contributed by atoms with Gasteiger partial charge in [0.25, 0.3) is 5.91 Å². The first-order valence-corrected chi connectivity index (χ1v) is 8.23. The van der Waals surface area contributed by atoms with Crippen molar-refractivity contribution in [1.82, 2.24) is 19.9 Å². The maximum absolute atomic E-state index is 13.8. The van der Waals surface area contributed by atoms with E-state index < -0.39 is 5.82 Å². The Bertz CT molecular complexity index is 893. The second-order valence-electron chi connectivity index (χ2n) is 6.12. The van der Waals surface area contributed by atoms with Crippen LogP contribution in [0.1, 0.15) is 22.8 Å². The first-order valence-electron chi connectivity index (χ1n) is 8.23. The molecule has 1 aromatic heterocycles. The number of hydrogen-bond donors (Lipinski definition) is 0. The number of likely N-dealkylation sites (tertiary alicyclic amines) is 1. The SMILES string of the molecule is O=C(c1ccccc1F)N1CC[C@H](n2cc(-c3ccccc3)nn2)C1. The summed E-state index contributed by atoms with van der Waals surface area (Å²) in [6.45, 7) is 1.09. The highest BCUT2D eigenvalue weighted by atomic mass is 19.1. The van der Waals surface area contributed by atoms with E-state index in [1.54, 1.807) is 21.7 Å². The molecule has 3 aromatic rings. The van der Waals surface area contributed by atoms with E-state index in [9.17, 15) is 9.18 Å². The maximum atomic E-state index is 13.8. The van der Waals surface area contributed by atoms with Gasteiger partial charge in [-0.05, 0) is 18.6 Å². The van der Waals surface area contributed by atoms with Crippen molar-refractivity contribution < 1.29 is 9.18 Å². The van der Waals surface area contributed by atoms with Gasteiger partial charge in [0.05, 0.1) is 17.8 Å². The van der Waals surface area contributed by atoms with Crippen LogP contribution < -0.4 is 0 Å². The average molecular weight is 336 g/mol. The van der Waals surface area contributed by atoms with Crippen molar-refractivity contribution in [2.45, 2.75) is 12.5 Å². The van der Waals surface area contributed by atoms with Crippen LogP contribution in [0.5, 0.6) is 0 Å². The summed E-state index contributed by atoms with van der Waals surface area (Å²) in [6, 6.07) is 16.0. The molecule has 0 unspecified atom stereocenters. The quantitative estimate of drug-likeness (QED) is 0.738. The molecule has 25 heavy (non-hydrogen) atoms. The largest absolute Gasteiger partial charge is 0.336 e. The van der Waals surface area contributed by atoms with Crippen molar-refractivity contribution in [3.8, 4) is 11.3 Å². The van der Waals surface area contributed by atoms with Gasteiger partial charge in [-0.1, -0.05) is 47.7 Å². The van der Waals surface area contributed by atoms with Crippen molar-refractivity contribution in [3.05, 3.63) is 72.2 Å². The number of carbonyl (C=O) groups is 1. The zero-order valence-electron chi connectivity index (χ0n) is 13.5. The molecule has 4 rings (SSSR count). The Kier molecular flexibility index (Phi) is 4.01. The van der Waals surface area contributed by atoms with Gasteiger partial charge in [-0.15, -0.1) is 5.10 Å². The zero-order chi connectivity index (χ0) is 17.2. The molecule has 5 nitrogen and oxygen atoms in total. The lowest BCUT2D eigenvalue weighted by Gasteiger charge is -2.16. The number of amides is 1. The fourth-order valence-electron chi connectivity index (χ4n) is 3.14. The predicted octanol–water partition coefficient (Wildman–Crippen LogP) is 3.17. The Morgan fingerprint density at radius 3 is 2.64 bits per heavy atom. The minimum atomic E-state index is -0.483. The van der Waals surface area contributed by atoms with Gasteiger partial charge >= 0.3 is 0 Å². The van der Waals surface area contributed by atoms with Crippen molar-refractivity contribution >= 4 is 5.91 Å². The second-order valence-corrected chi connectivity index (χ2v) is 6.12. The third-order valence-corrected chi connectivity index (χ3v) is 4.51. The monoisotopic (exact) mass is 336 g/mol. The van der Waals surface area contributed by atoms with Crippen molar-refractivity contribution in [1.29, 1.82) is 0 Å². The minimum Gasteiger partial charge on any atom is -0.336 e. The lowest BCUT2D eigenvalue weighted by molar-refractivity contribution is 0.0782. The summed E-state index contributed by atoms with van der Waals surface area (Å²) >= 11 is 0. The maximum Gasteiger partial charge on any atom is 0.256 e. The van der Waals surface area contributed by atoms with E-state index in [1.165, 1.54) is 12.1 Å². The van der Waals surface area contributed by atoms with E-state index in [0.717, 1.165) is 17.7 Å². The van der Waals surface area contributed by atoms with Crippen LogP contribution in [0.3, 0.4) is 0 Å². The highest BCUT2D eigenvalue weighted by Gasteiger charge is 2.30. The van der Waals surface area contributed by atoms with Gasteiger partial charge in [0.1, 0.15) is 11.5 Å². The summed E-state index contributed by atoms with van der Waals surface area (Å²) in [5.41, 5.74) is 1.93. The molecule has 0 spiro atoms. The van der Waals surface area contributed by atoms with Crippen LogP contribution >= 0.6 is 0 Å². The summed E-state index contributed by atoms with van der Waals surface area (Å²) in [5.74, 6) is -0.757. The van der Waals surface area contributed by atoms with Gasteiger partial charge < -0.3 is 4.90 Å². The molecule has 0 aliphatic carbocycles. The van der Waals surface area contributed by atoms with Crippen molar-refractivity contribution in [3.63, 3.8) is 0 Å². The number of rotatable bonds is 3. The van der Waals surface area contributed by atoms with Gasteiger partial charge in [-0.2, -0.15) is 0 Å². The summed E-state index contributed by atoms with van der Waals surface area (Å²) in [4.78, 5) is 14.2. The van der Waals surface area contributed by atoms with Crippen LogP contribution in [0.15, 0.2) is 60.8 Å². The molecule has 1 fully saturated rings. The van der Waals surface area contributed by atoms with E-state index >= 15 is 0 Å². The normalized spacial score (nSPS) is 17.0. The molecule has 0 saturated carbocycles. The average Bonchev–Trinajstić information content (AvgIpc) is 3.32. The molecular weight excluding hydrogens is 319 g/mol. The number of nitrogens with zero attached hydrogens (tertiary/aromatic N) is 4. The Balaban J connectivity index is 1.49. The molecule has 2 aromatic carbocycles. The van der Waals surface area contributed by atoms with Crippen LogP contribution in [0.2, 0.25) is 0 Å². The van der Waals surface area contributed by atoms with Gasteiger partial charge in [0.15, 0.2) is 0 Å². The summed E-state index contributed by atoms with van der Waals surface area (Å²) in [6.07, 6.45) is 2.68. The number of halogens is 1. The van der Waals surface area contributed by atoms with Crippen LogP contribution in [0, 0.1) is 5.82 Å². The van der Waals surface area contributed by atoms with Crippen LogP contribution in [0.25, 0.3) is 11.3 Å². The fourth-order valence-corrected chi connectivity index (χ4v) is 3.14. The summed E-state index contributed by atoms with van der Waals surface area (Å²) < 4.78 is 15.6. The van der Waals surface area contributed by atoms with E-state index in [0.29, 0.717) is 13.1 Å². The van der Waals surface area contributed by atoms with E-state index in [4.69, 9.17) is 0 Å². The van der Waals surface area contributed by atoms with Gasteiger partial charge in [-0.25, -0.2) is 9.07 Å². The molecule has 6 heteroatoms. The molecule has 0 bridgehead atoms. The number of hydrogen-bond acceptors (Lipinski definition) is 3. The molecule has 1 amide bonds. The van der Waals surface area contributed by atoms with E-state index in [1.807, 2.05) is 36.5 Å². The molecular formula is C19H17FN4O. The number of aromatic nitrogens is 3. The lowest BCUT2D eigenvalue weighted by atomic mass is 10.2. The lowest BCUT2D eigenvalue weighted by Crippen LogP contribution is -2.29.